The Labute approximate surface area is 149 Å². The van der Waals surface area contributed by atoms with Crippen molar-refractivity contribution in [2.45, 2.75) is 30.0 Å². The van der Waals surface area contributed by atoms with Gasteiger partial charge in [0.1, 0.15) is 10.8 Å². The van der Waals surface area contributed by atoms with Crippen LogP contribution in [0.4, 0.5) is 4.39 Å². The number of halogens is 1. The number of thioether (sulfide) groups is 1. The molecule has 0 spiro atoms. The first-order valence-corrected chi connectivity index (χ1v) is 9.29. The Bertz CT molecular complexity index is 969. The van der Waals surface area contributed by atoms with Crippen LogP contribution in [0.5, 0.6) is 0 Å². The lowest BCUT2D eigenvalue weighted by Gasteiger charge is -2.14. The summed E-state index contributed by atoms with van der Waals surface area (Å²) in [5, 5.41) is 0.743. The molecule has 0 fully saturated rings. The van der Waals surface area contributed by atoms with Crippen molar-refractivity contribution in [1.82, 2.24) is 9.55 Å². The van der Waals surface area contributed by atoms with Crippen LogP contribution in [0.1, 0.15) is 23.2 Å². The highest BCUT2D eigenvalue weighted by molar-refractivity contribution is 7.98. The molecule has 0 aliphatic heterocycles. The first-order valence-electron chi connectivity index (χ1n) is 8.30. The van der Waals surface area contributed by atoms with Crippen LogP contribution in [0, 0.1) is 5.82 Å². The molecule has 3 nitrogen and oxygen atoms in total. The SMILES string of the molecule is O=c1nc(SCc2ccccc2F)c2c(n1-c1ccccc1)CCC2. The highest BCUT2D eigenvalue weighted by atomic mass is 32.2. The van der Waals surface area contributed by atoms with Crippen molar-refractivity contribution in [3.63, 3.8) is 0 Å². The minimum absolute atomic E-state index is 0.218. The van der Waals surface area contributed by atoms with Gasteiger partial charge >= 0.3 is 5.69 Å². The first kappa shape index (κ1) is 16.1. The van der Waals surface area contributed by atoms with E-state index >= 15 is 0 Å². The first-order chi connectivity index (χ1) is 12.2. The van der Waals surface area contributed by atoms with E-state index in [9.17, 15) is 9.18 Å². The molecule has 1 aliphatic carbocycles. The van der Waals surface area contributed by atoms with Gasteiger partial charge in [0.05, 0.1) is 5.69 Å². The maximum atomic E-state index is 13.8. The number of aromatic nitrogens is 2. The Hall–Kier alpha value is -2.40. The van der Waals surface area contributed by atoms with Crippen LogP contribution in [0.2, 0.25) is 0 Å². The van der Waals surface area contributed by atoms with Crippen LogP contribution < -0.4 is 5.69 Å². The second kappa shape index (κ2) is 6.84. The molecular formula is C20H17FN2OS. The second-order valence-corrected chi connectivity index (χ2v) is 6.99. The third-order valence-electron chi connectivity index (χ3n) is 4.44. The van der Waals surface area contributed by atoms with E-state index in [1.54, 1.807) is 16.7 Å². The van der Waals surface area contributed by atoms with E-state index < -0.39 is 0 Å². The molecule has 0 saturated carbocycles. The van der Waals surface area contributed by atoms with Gasteiger partial charge in [0.2, 0.25) is 0 Å². The monoisotopic (exact) mass is 352 g/mol. The Morgan fingerprint density at radius 3 is 2.60 bits per heavy atom. The van der Waals surface area contributed by atoms with E-state index in [1.165, 1.54) is 17.8 Å². The van der Waals surface area contributed by atoms with Gasteiger partial charge < -0.3 is 0 Å². The summed E-state index contributed by atoms with van der Waals surface area (Å²) in [4.78, 5) is 17.0. The molecule has 0 amide bonds. The Balaban J connectivity index is 1.71. The van der Waals surface area contributed by atoms with E-state index in [0.717, 1.165) is 41.2 Å². The maximum Gasteiger partial charge on any atom is 0.353 e. The topological polar surface area (TPSA) is 34.9 Å². The maximum absolute atomic E-state index is 13.8. The fourth-order valence-corrected chi connectivity index (χ4v) is 4.31. The van der Waals surface area contributed by atoms with Crippen molar-refractivity contribution in [3.05, 3.63) is 87.7 Å². The van der Waals surface area contributed by atoms with Gasteiger partial charge in [-0.25, -0.2) is 9.18 Å². The van der Waals surface area contributed by atoms with Crippen molar-refractivity contribution >= 4 is 11.8 Å². The number of rotatable bonds is 4. The fraction of sp³-hybridized carbons (Fsp3) is 0.200. The lowest BCUT2D eigenvalue weighted by molar-refractivity contribution is 0.617. The van der Waals surface area contributed by atoms with E-state index in [0.29, 0.717) is 11.3 Å². The Morgan fingerprint density at radius 2 is 1.80 bits per heavy atom. The highest BCUT2D eigenvalue weighted by Crippen LogP contribution is 2.32. The molecule has 0 bridgehead atoms. The minimum Gasteiger partial charge on any atom is -0.265 e. The van der Waals surface area contributed by atoms with Crippen LogP contribution in [0.15, 0.2) is 64.4 Å². The summed E-state index contributed by atoms with van der Waals surface area (Å²) >= 11 is 1.45. The summed E-state index contributed by atoms with van der Waals surface area (Å²) in [7, 11) is 0. The molecule has 0 N–H and O–H groups in total. The Kier molecular flexibility index (Phi) is 4.40. The molecule has 1 aromatic heterocycles. The van der Waals surface area contributed by atoms with Gasteiger partial charge in [0.15, 0.2) is 0 Å². The summed E-state index contributed by atoms with van der Waals surface area (Å²) in [5.41, 5.74) is 3.40. The van der Waals surface area contributed by atoms with Gasteiger partial charge in [0, 0.05) is 17.0 Å². The lowest BCUT2D eigenvalue weighted by Crippen LogP contribution is -2.25. The molecule has 0 unspecified atom stereocenters. The second-order valence-electron chi connectivity index (χ2n) is 6.03. The van der Waals surface area contributed by atoms with E-state index in [1.807, 2.05) is 36.4 Å². The number of hydrogen-bond acceptors (Lipinski definition) is 3. The summed E-state index contributed by atoms with van der Waals surface area (Å²) in [6.07, 6.45) is 2.80. The number of para-hydroxylation sites is 1. The van der Waals surface area contributed by atoms with Crippen LogP contribution in [-0.2, 0) is 18.6 Å². The molecule has 2 aromatic carbocycles. The number of benzene rings is 2. The zero-order valence-corrected chi connectivity index (χ0v) is 14.4. The number of nitrogens with zero attached hydrogens (tertiary/aromatic N) is 2. The molecule has 1 heterocycles. The predicted octanol–water partition coefficient (Wildman–Crippen LogP) is 4.15. The lowest BCUT2D eigenvalue weighted by atomic mass is 10.2. The normalized spacial score (nSPS) is 13.0. The molecule has 3 aromatic rings. The van der Waals surface area contributed by atoms with Crippen LogP contribution >= 0.6 is 11.8 Å². The number of hydrogen-bond donors (Lipinski definition) is 0. The summed E-state index contributed by atoms with van der Waals surface area (Å²) in [6.45, 7) is 0. The standard InChI is InChI=1S/C20H17FN2OS/c21-17-11-5-4-7-14(17)13-25-19-16-10-6-12-18(16)23(20(24)22-19)15-8-2-1-3-9-15/h1-5,7-9,11H,6,10,12-13H2. The van der Waals surface area contributed by atoms with Gasteiger partial charge in [-0.1, -0.05) is 36.4 Å². The van der Waals surface area contributed by atoms with E-state index in [-0.39, 0.29) is 11.5 Å². The van der Waals surface area contributed by atoms with Crippen molar-refractivity contribution in [2.24, 2.45) is 0 Å². The van der Waals surface area contributed by atoms with Gasteiger partial charge in [-0.3, -0.25) is 4.57 Å². The third kappa shape index (κ3) is 3.12. The molecule has 0 saturated heterocycles. The van der Waals surface area contributed by atoms with Crippen LogP contribution in [-0.4, -0.2) is 9.55 Å². The zero-order chi connectivity index (χ0) is 17.2. The van der Waals surface area contributed by atoms with Gasteiger partial charge in [-0.2, -0.15) is 4.98 Å². The molecule has 25 heavy (non-hydrogen) atoms. The van der Waals surface area contributed by atoms with Crippen LogP contribution in [0.3, 0.4) is 0 Å². The number of fused-ring (bicyclic) bond motifs is 1. The van der Waals surface area contributed by atoms with E-state index in [4.69, 9.17) is 0 Å². The minimum atomic E-state index is -0.261. The summed E-state index contributed by atoms with van der Waals surface area (Å²) in [6, 6.07) is 16.4. The van der Waals surface area contributed by atoms with Gasteiger partial charge in [0.25, 0.3) is 0 Å². The summed E-state index contributed by atoms with van der Waals surface area (Å²) in [5.74, 6) is 0.255. The van der Waals surface area contributed by atoms with Gasteiger partial charge in [-0.05, 0) is 43.0 Å². The van der Waals surface area contributed by atoms with Gasteiger partial charge in [-0.15, -0.1) is 11.8 Å². The Morgan fingerprint density at radius 1 is 1.04 bits per heavy atom. The smallest absolute Gasteiger partial charge is 0.265 e. The largest absolute Gasteiger partial charge is 0.353 e. The highest BCUT2D eigenvalue weighted by Gasteiger charge is 2.22. The van der Waals surface area contributed by atoms with Crippen molar-refractivity contribution in [3.8, 4) is 5.69 Å². The third-order valence-corrected chi connectivity index (χ3v) is 5.51. The average molecular weight is 352 g/mol. The molecule has 4 rings (SSSR count). The van der Waals surface area contributed by atoms with Crippen LogP contribution in [0.25, 0.3) is 5.69 Å². The fourth-order valence-electron chi connectivity index (χ4n) is 3.25. The van der Waals surface area contributed by atoms with Crippen molar-refractivity contribution in [2.75, 3.05) is 0 Å². The van der Waals surface area contributed by atoms with Crippen molar-refractivity contribution < 1.29 is 4.39 Å². The zero-order valence-electron chi connectivity index (χ0n) is 13.6. The van der Waals surface area contributed by atoms with Crippen molar-refractivity contribution in [1.29, 1.82) is 0 Å². The molecule has 1 aliphatic rings. The predicted molar refractivity (Wildman–Crippen MR) is 97.8 cm³/mol. The quantitative estimate of drug-likeness (QED) is 0.523. The van der Waals surface area contributed by atoms with E-state index in [2.05, 4.69) is 4.98 Å². The summed E-state index contributed by atoms with van der Waals surface area (Å²) < 4.78 is 15.5. The molecule has 126 valence electrons. The molecule has 5 heteroatoms. The molecule has 0 radical (unpaired) electrons. The average Bonchev–Trinajstić information content (AvgIpc) is 3.11. The molecule has 0 atom stereocenters. The molecular weight excluding hydrogens is 335 g/mol.